The van der Waals surface area contributed by atoms with Gasteiger partial charge in [-0.25, -0.2) is 9.98 Å². The molecule has 0 saturated carbocycles. The summed E-state index contributed by atoms with van der Waals surface area (Å²) in [5.41, 5.74) is 4.76. The van der Waals surface area contributed by atoms with Crippen molar-refractivity contribution in [3.8, 4) is 5.88 Å². The van der Waals surface area contributed by atoms with Gasteiger partial charge in [0.1, 0.15) is 6.10 Å². The average molecular weight is 394 g/mol. The maximum Gasteiger partial charge on any atom is 0.228 e. The third-order valence-corrected chi connectivity index (χ3v) is 5.26. The van der Waals surface area contributed by atoms with Gasteiger partial charge in [-0.1, -0.05) is 11.1 Å². The van der Waals surface area contributed by atoms with Gasteiger partial charge < -0.3 is 9.64 Å². The lowest BCUT2D eigenvalue weighted by Crippen LogP contribution is -2.17. The summed E-state index contributed by atoms with van der Waals surface area (Å²) >= 11 is 3.59. The predicted molar refractivity (Wildman–Crippen MR) is 104 cm³/mol. The fourth-order valence-electron chi connectivity index (χ4n) is 2.61. The lowest BCUT2D eigenvalue weighted by atomic mass is 10.1. The van der Waals surface area contributed by atoms with Crippen LogP contribution in [0.2, 0.25) is 0 Å². The molecule has 0 aliphatic heterocycles. The van der Waals surface area contributed by atoms with E-state index in [1.165, 1.54) is 11.1 Å². The van der Waals surface area contributed by atoms with E-state index >= 15 is 0 Å². The van der Waals surface area contributed by atoms with Crippen LogP contribution in [-0.2, 0) is 0 Å². The molecular formula is C19H28BrN3O. The van der Waals surface area contributed by atoms with Crippen LogP contribution >= 0.6 is 15.9 Å². The predicted octanol–water partition coefficient (Wildman–Crippen LogP) is 5.42. The lowest BCUT2D eigenvalue weighted by molar-refractivity contribution is 0.175. The SMILES string of the molecule is CCN(C)/C=N/c1cc(Br)c(OC2CCC(C)=C(C)CC2)nc1C. The van der Waals surface area contributed by atoms with E-state index in [9.17, 15) is 0 Å². The second-order valence-electron chi connectivity index (χ2n) is 6.58. The van der Waals surface area contributed by atoms with E-state index in [4.69, 9.17) is 4.74 Å². The minimum atomic E-state index is 0.223. The van der Waals surface area contributed by atoms with Gasteiger partial charge in [0.25, 0.3) is 0 Å². The number of ether oxygens (including phenoxy) is 1. The fraction of sp³-hybridized carbons (Fsp3) is 0.579. The highest BCUT2D eigenvalue weighted by Gasteiger charge is 2.18. The Morgan fingerprint density at radius 2 is 1.92 bits per heavy atom. The molecule has 0 saturated heterocycles. The second-order valence-corrected chi connectivity index (χ2v) is 7.43. The quantitative estimate of drug-likeness (QED) is 0.380. The number of hydrogen-bond donors (Lipinski definition) is 0. The minimum Gasteiger partial charge on any atom is -0.474 e. The smallest absolute Gasteiger partial charge is 0.228 e. The van der Waals surface area contributed by atoms with E-state index in [0.717, 1.165) is 48.1 Å². The van der Waals surface area contributed by atoms with Crippen molar-refractivity contribution in [2.24, 2.45) is 4.99 Å². The zero-order valence-electron chi connectivity index (χ0n) is 15.4. The van der Waals surface area contributed by atoms with E-state index in [2.05, 4.69) is 46.7 Å². The minimum absolute atomic E-state index is 0.223. The Kier molecular flexibility index (Phi) is 6.84. The van der Waals surface area contributed by atoms with Crippen LogP contribution in [0, 0.1) is 6.92 Å². The summed E-state index contributed by atoms with van der Waals surface area (Å²) in [5.74, 6) is 0.678. The summed E-state index contributed by atoms with van der Waals surface area (Å²) in [6.45, 7) is 9.45. The lowest BCUT2D eigenvalue weighted by Gasteiger charge is -2.18. The molecule has 0 radical (unpaired) electrons. The molecule has 0 spiro atoms. The number of halogens is 1. The van der Waals surface area contributed by atoms with Crippen molar-refractivity contribution in [1.82, 2.24) is 9.88 Å². The number of aliphatic imine (C=N–C) groups is 1. The standard InChI is InChI=1S/C19H28BrN3O/c1-6-23(5)12-21-18-11-17(20)19(22-15(18)4)24-16-9-7-13(2)14(3)8-10-16/h11-12,16H,6-10H2,1-5H3/b21-12+. The molecule has 0 bridgehead atoms. The molecule has 5 heteroatoms. The van der Waals surface area contributed by atoms with E-state index < -0.39 is 0 Å². The second kappa shape index (κ2) is 8.65. The maximum absolute atomic E-state index is 6.20. The number of pyridine rings is 1. The summed E-state index contributed by atoms with van der Waals surface area (Å²) in [5, 5.41) is 0. The van der Waals surface area contributed by atoms with Gasteiger partial charge in [-0.3, -0.25) is 0 Å². The first-order valence-corrected chi connectivity index (χ1v) is 9.43. The van der Waals surface area contributed by atoms with Crippen molar-refractivity contribution in [3.63, 3.8) is 0 Å². The van der Waals surface area contributed by atoms with Crippen LogP contribution in [0.3, 0.4) is 0 Å². The van der Waals surface area contributed by atoms with Gasteiger partial charge in [0.15, 0.2) is 0 Å². The van der Waals surface area contributed by atoms with Gasteiger partial charge in [-0.15, -0.1) is 0 Å². The van der Waals surface area contributed by atoms with Gasteiger partial charge in [0.2, 0.25) is 5.88 Å². The highest BCUT2D eigenvalue weighted by molar-refractivity contribution is 9.10. The number of aromatic nitrogens is 1. The van der Waals surface area contributed by atoms with Crippen LogP contribution in [0.25, 0.3) is 0 Å². The topological polar surface area (TPSA) is 37.7 Å². The molecule has 0 N–H and O–H groups in total. The molecule has 1 aromatic rings. The molecule has 0 amide bonds. The molecule has 1 aromatic heterocycles. The van der Waals surface area contributed by atoms with E-state index in [-0.39, 0.29) is 6.10 Å². The first kappa shape index (κ1) is 19.0. The summed E-state index contributed by atoms with van der Waals surface area (Å²) in [4.78, 5) is 11.2. The highest BCUT2D eigenvalue weighted by Crippen LogP contribution is 2.32. The molecule has 0 atom stereocenters. The van der Waals surface area contributed by atoms with Gasteiger partial charge in [-0.2, -0.15) is 0 Å². The van der Waals surface area contributed by atoms with Crippen molar-refractivity contribution in [2.45, 2.75) is 59.5 Å². The first-order valence-electron chi connectivity index (χ1n) is 8.64. The van der Waals surface area contributed by atoms with Gasteiger partial charge in [0.05, 0.1) is 22.2 Å². The molecular weight excluding hydrogens is 366 g/mol. The molecule has 132 valence electrons. The zero-order chi connectivity index (χ0) is 17.7. The van der Waals surface area contributed by atoms with Crippen molar-refractivity contribution in [1.29, 1.82) is 0 Å². The average Bonchev–Trinajstić information content (AvgIpc) is 2.72. The van der Waals surface area contributed by atoms with Crippen LogP contribution in [0.15, 0.2) is 26.7 Å². The largest absolute Gasteiger partial charge is 0.474 e. The van der Waals surface area contributed by atoms with E-state index in [1.807, 2.05) is 31.3 Å². The van der Waals surface area contributed by atoms with Crippen molar-refractivity contribution < 1.29 is 4.74 Å². The van der Waals surface area contributed by atoms with Crippen molar-refractivity contribution >= 4 is 28.0 Å². The Morgan fingerprint density at radius 1 is 1.29 bits per heavy atom. The number of nitrogens with zero attached hydrogens (tertiary/aromatic N) is 3. The molecule has 1 heterocycles. The van der Waals surface area contributed by atoms with Crippen LogP contribution in [0.4, 0.5) is 5.69 Å². The Labute approximate surface area is 154 Å². The zero-order valence-corrected chi connectivity index (χ0v) is 17.0. The molecule has 24 heavy (non-hydrogen) atoms. The Balaban J connectivity index is 2.09. The van der Waals surface area contributed by atoms with Gasteiger partial charge in [-0.05, 0) is 75.4 Å². The third-order valence-electron chi connectivity index (χ3n) is 4.69. The molecule has 2 rings (SSSR count). The summed E-state index contributed by atoms with van der Waals surface area (Å²) in [6.07, 6.45) is 6.38. The van der Waals surface area contributed by atoms with Gasteiger partial charge in [0, 0.05) is 13.6 Å². The molecule has 1 aliphatic rings. The maximum atomic E-state index is 6.20. The van der Waals surface area contributed by atoms with Crippen molar-refractivity contribution in [3.05, 3.63) is 27.4 Å². The molecule has 0 unspecified atom stereocenters. The Hall–Kier alpha value is -1.36. The number of rotatable bonds is 5. The molecule has 0 aromatic carbocycles. The third kappa shape index (κ3) is 5.07. The number of aryl methyl sites for hydroxylation is 1. The van der Waals surface area contributed by atoms with Crippen LogP contribution < -0.4 is 4.74 Å². The summed E-state index contributed by atoms with van der Waals surface area (Å²) in [6, 6.07) is 1.99. The van der Waals surface area contributed by atoms with E-state index in [1.54, 1.807) is 0 Å². The summed E-state index contributed by atoms with van der Waals surface area (Å²) in [7, 11) is 2.00. The first-order chi connectivity index (χ1) is 11.4. The van der Waals surface area contributed by atoms with Crippen molar-refractivity contribution in [2.75, 3.05) is 13.6 Å². The number of hydrogen-bond acceptors (Lipinski definition) is 3. The Morgan fingerprint density at radius 3 is 2.50 bits per heavy atom. The molecule has 0 fully saturated rings. The van der Waals surface area contributed by atoms with Crippen LogP contribution in [0.1, 0.15) is 52.1 Å². The Bertz CT molecular complexity index is 624. The highest BCUT2D eigenvalue weighted by atomic mass is 79.9. The van der Waals surface area contributed by atoms with E-state index in [0.29, 0.717) is 5.88 Å². The van der Waals surface area contributed by atoms with Gasteiger partial charge >= 0.3 is 0 Å². The monoisotopic (exact) mass is 393 g/mol. The normalized spacial score (nSPS) is 16.6. The van der Waals surface area contributed by atoms with Crippen LogP contribution in [-0.4, -0.2) is 35.9 Å². The number of allylic oxidation sites excluding steroid dienone is 2. The molecule has 4 nitrogen and oxygen atoms in total. The van der Waals surface area contributed by atoms with Crippen LogP contribution in [0.5, 0.6) is 5.88 Å². The summed E-state index contributed by atoms with van der Waals surface area (Å²) < 4.78 is 7.06. The molecule has 1 aliphatic carbocycles. The fourth-order valence-corrected chi connectivity index (χ4v) is 3.01.